The summed E-state index contributed by atoms with van der Waals surface area (Å²) in [6.07, 6.45) is -0.341. The number of amides is 2. The van der Waals surface area contributed by atoms with E-state index in [1.54, 1.807) is 34.1 Å². The monoisotopic (exact) mass is 592 g/mol. The van der Waals surface area contributed by atoms with Crippen molar-refractivity contribution >= 4 is 23.2 Å². The number of hydrogen-bond acceptors (Lipinski definition) is 10. The van der Waals surface area contributed by atoms with E-state index in [1.165, 1.54) is 14.2 Å². The highest BCUT2D eigenvalue weighted by Crippen LogP contribution is 2.40. The van der Waals surface area contributed by atoms with Crippen LogP contribution >= 0.6 is 0 Å². The zero-order chi connectivity index (χ0) is 30.4. The second kappa shape index (κ2) is 11.3. The Bertz CT molecular complexity index is 1380. The van der Waals surface area contributed by atoms with Crippen LogP contribution in [0.2, 0.25) is 0 Å². The van der Waals surface area contributed by atoms with E-state index in [0.717, 1.165) is 11.1 Å². The van der Waals surface area contributed by atoms with Gasteiger partial charge in [0.1, 0.15) is 12.5 Å². The molecule has 0 spiro atoms. The second-order valence-electron chi connectivity index (χ2n) is 11.2. The number of methoxy groups -OCH3 is 2. The molecule has 2 aromatic carbocycles. The highest BCUT2D eigenvalue weighted by molar-refractivity contribution is 6.02. The van der Waals surface area contributed by atoms with E-state index in [2.05, 4.69) is 23.8 Å². The number of aliphatic hydroxyl groups excluding tert-OH is 2. The highest BCUT2D eigenvalue weighted by atomic mass is 16.5. The van der Waals surface area contributed by atoms with Gasteiger partial charge in [-0.3, -0.25) is 9.59 Å². The lowest BCUT2D eigenvalue weighted by Gasteiger charge is -2.24. The number of carbonyl (C=O) groups is 2. The normalized spacial score (nSPS) is 24.2. The lowest BCUT2D eigenvalue weighted by Crippen LogP contribution is -2.43. The van der Waals surface area contributed by atoms with Crippen LogP contribution in [0.3, 0.4) is 0 Å². The molecule has 4 unspecified atom stereocenters. The molecule has 4 N–H and O–H groups in total. The first-order valence-corrected chi connectivity index (χ1v) is 14.2. The number of fused-ring (bicyclic) bond motifs is 4. The molecule has 4 atom stereocenters. The standard InChI is InChI=1S/C31H36N4O8/c1-16-8-22-28(36)32-20-12-26(24(40-3)10-18(20)30(38)34(22)14-16)42-6-5-7-43-27-13-21-19(11-25(27)41-4)31(39)35-15-17(2)9-23(35)29(37)33-21/h10-13,22-23,28-29,32-33,36-37H,1-2,5-9,14-15H2,3-4H3. The highest BCUT2D eigenvalue weighted by Gasteiger charge is 2.41. The molecular formula is C31H36N4O8. The third-order valence-corrected chi connectivity index (χ3v) is 8.31. The minimum Gasteiger partial charge on any atom is -0.493 e. The molecule has 4 aliphatic rings. The number of carbonyl (C=O) groups excluding carboxylic acids is 2. The van der Waals surface area contributed by atoms with Crippen LogP contribution < -0.4 is 29.6 Å². The van der Waals surface area contributed by atoms with Crippen molar-refractivity contribution in [1.29, 1.82) is 0 Å². The minimum atomic E-state index is -0.947. The predicted octanol–water partition coefficient (Wildman–Crippen LogP) is 2.58. The molecule has 2 amide bonds. The number of aliphatic hydroxyl groups is 2. The molecule has 4 heterocycles. The average molecular weight is 593 g/mol. The van der Waals surface area contributed by atoms with Crippen LogP contribution in [0.5, 0.6) is 23.0 Å². The molecule has 0 aromatic heterocycles. The molecule has 2 aromatic rings. The fourth-order valence-electron chi connectivity index (χ4n) is 6.17. The third-order valence-electron chi connectivity index (χ3n) is 8.31. The first-order chi connectivity index (χ1) is 20.7. The largest absolute Gasteiger partial charge is 0.493 e. The molecule has 0 bridgehead atoms. The summed E-state index contributed by atoms with van der Waals surface area (Å²) in [5, 5.41) is 27.6. The number of anilines is 2. The van der Waals surface area contributed by atoms with Crippen LogP contribution in [0.25, 0.3) is 0 Å². The van der Waals surface area contributed by atoms with Crippen molar-refractivity contribution in [3.8, 4) is 23.0 Å². The van der Waals surface area contributed by atoms with Gasteiger partial charge >= 0.3 is 0 Å². The van der Waals surface area contributed by atoms with Gasteiger partial charge in [-0.05, 0) is 25.0 Å². The average Bonchev–Trinajstić information content (AvgIpc) is 3.54. The Labute approximate surface area is 249 Å². The quantitative estimate of drug-likeness (QED) is 0.267. The molecule has 0 radical (unpaired) electrons. The summed E-state index contributed by atoms with van der Waals surface area (Å²) in [5.74, 6) is 1.22. The number of ether oxygens (including phenoxy) is 4. The smallest absolute Gasteiger partial charge is 0.256 e. The molecular weight excluding hydrogens is 556 g/mol. The Morgan fingerprint density at radius 2 is 1.16 bits per heavy atom. The first kappa shape index (κ1) is 28.7. The Morgan fingerprint density at radius 1 is 0.744 bits per heavy atom. The van der Waals surface area contributed by atoms with Crippen molar-refractivity contribution in [3.05, 3.63) is 59.7 Å². The Kier molecular flexibility index (Phi) is 7.57. The summed E-state index contributed by atoms with van der Waals surface area (Å²) in [4.78, 5) is 29.8. The predicted molar refractivity (Wildman–Crippen MR) is 158 cm³/mol. The Balaban J connectivity index is 1.11. The summed E-state index contributed by atoms with van der Waals surface area (Å²) >= 11 is 0. The molecule has 12 heteroatoms. The van der Waals surface area contributed by atoms with Gasteiger partial charge in [-0.15, -0.1) is 0 Å². The summed E-state index contributed by atoms with van der Waals surface area (Å²) in [6.45, 7) is 9.29. The number of hydrogen-bond donors (Lipinski definition) is 4. The summed E-state index contributed by atoms with van der Waals surface area (Å²) in [6, 6.07) is 5.79. The van der Waals surface area contributed by atoms with Crippen LogP contribution in [0, 0.1) is 0 Å². The van der Waals surface area contributed by atoms with Crippen molar-refractivity contribution in [2.24, 2.45) is 0 Å². The molecule has 12 nitrogen and oxygen atoms in total. The van der Waals surface area contributed by atoms with Crippen molar-refractivity contribution in [2.75, 3.05) is 51.2 Å². The van der Waals surface area contributed by atoms with Gasteiger partial charge in [-0.1, -0.05) is 24.3 Å². The number of rotatable bonds is 8. The van der Waals surface area contributed by atoms with Crippen LogP contribution in [-0.4, -0.2) is 96.9 Å². The van der Waals surface area contributed by atoms with Gasteiger partial charge < -0.3 is 49.6 Å². The first-order valence-electron chi connectivity index (χ1n) is 14.2. The van der Waals surface area contributed by atoms with E-state index < -0.39 is 24.5 Å². The Hall–Kier alpha value is -4.42. The lowest BCUT2D eigenvalue weighted by atomic mass is 10.1. The van der Waals surface area contributed by atoms with Crippen molar-refractivity contribution in [3.63, 3.8) is 0 Å². The van der Waals surface area contributed by atoms with E-state index in [4.69, 9.17) is 18.9 Å². The summed E-state index contributed by atoms with van der Waals surface area (Å²) in [5.41, 5.74) is 3.51. The lowest BCUT2D eigenvalue weighted by molar-refractivity contribution is 0.0578. The zero-order valence-corrected chi connectivity index (χ0v) is 24.2. The maximum Gasteiger partial charge on any atom is 0.256 e. The van der Waals surface area contributed by atoms with Crippen molar-refractivity contribution < 1.29 is 38.7 Å². The molecule has 228 valence electrons. The van der Waals surface area contributed by atoms with Crippen LogP contribution in [-0.2, 0) is 0 Å². The van der Waals surface area contributed by atoms with Gasteiger partial charge in [0, 0.05) is 31.6 Å². The van der Waals surface area contributed by atoms with Crippen molar-refractivity contribution in [1.82, 2.24) is 9.80 Å². The van der Waals surface area contributed by atoms with Gasteiger partial charge in [0.15, 0.2) is 23.0 Å². The fraction of sp³-hybridized carbons (Fsp3) is 0.419. The van der Waals surface area contributed by atoms with Gasteiger partial charge in [0.25, 0.3) is 11.8 Å². The topological polar surface area (TPSA) is 142 Å². The van der Waals surface area contributed by atoms with Crippen LogP contribution in [0.4, 0.5) is 11.4 Å². The molecule has 43 heavy (non-hydrogen) atoms. The van der Waals surface area contributed by atoms with E-state index >= 15 is 0 Å². The van der Waals surface area contributed by atoms with Crippen LogP contribution in [0.15, 0.2) is 48.6 Å². The molecule has 2 saturated heterocycles. The molecule has 0 saturated carbocycles. The number of nitrogens with zero attached hydrogens (tertiary/aromatic N) is 2. The number of benzene rings is 2. The minimum absolute atomic E-state index is 0.204. The third kappa shape index (κ3) is 5.21. The van der Waals surface area contributed by atoms with E-state index in [9.17, 15) is 19.8 Å². The Morgan fingerprint density at radius 3 is 1.56 bits per heavy atom. The summed E-state index contributed by atoms with van der Waals surface area (Å²) < 4.78 is 23.0. The fourth-order valence-corrected chi connectivity index (χ4v) is 6.17. The maximum atomic E-state index is 13.3. The van der Waals surface area contributed by atoms with Crippen molar-refractivity contribution in [2.45, 2.75) is 43.8 Å². The van der Waals surface area contributed by atoms with Gasteiger partial charge in [-0.2, -0.15) is 0 Å². The maximum absolute atomic E-state index is 13.3. The number of nitrogens with one attached hydrogen (secondary N) is 2. The van der Waals surface area contributed by atoms with Gasteiger partial charge in [0.05, 0.1) is 62.0 Å². The van der Waals surface area contributed by atoms with Gasteiger partial charge in [-0.25, -0.2) is 0 Å². The second-order valence-corrected chi connectivity index (χ2v) is 11.2. The van der Waals surface area contributed by atoms with E-state index in [0.29, 0.717) is 77.9 Å². The molecule has 4 aliphatic heterocycles. The van der Waals surface area contributed by atoms with Gasteiger partial charge in [0.2, 0.25) is 0 Å². The molecule has 2 fully saturated rings. The van der Waals surface area contributed by atoms with Crippen LogP contribution in [0.1, 0.15) is 40.0 Å². The SMILES string of the molecule is C=C1CC2C(O)Nc3cc(OCCCOc4cc5c(cc4OC)C(=O)N4CC(=C)CC4C(O)N5)c(OC)cc3C(=O)N2C1. The summed E-state index contributed by atoms with van der Waals surface area (Å²) in [7, 11) is 3.00. The molecule has 0 aliphatic carbocycles. The van der Waals surface area contributed by atoms with E-state index in [-0.39, 0.29) is 25.0 Å². The van der Waals surface area contributed by atoms with E-state index in [1.807, 2.05) is 0 Å². The molecule has 6 rings (SSSR count). The zero-order valence-electron chi connectivity index (χ0n) is 24.2.